The van der Waals surface area contributed by atoms with E-state index < -0.39 is 4.92 Å². The second-order valence-corrected chi connectivity index (χ2v) is 5.72. The predicted octanol–water partition coefficient (Wildman–Crippen LogP) is 2.81. The van der Waals surface area contributed by atoms with Gasteiger partial charge in [0.1, 0.15) is 18.1 Å². The van der Waals surface area contributed by atoms with E-state index >= 15 is 0 Å². The van der Waals surface area contributed by atoms with Crippen LogP contribution in [0.15, 0.2) is 24.3 Å². The molecule has 1 saturated heterocycles. The number of Topliss-reactive ketones (excluding diaryl/α,β-unsaturated/α-hetero) is 1. The van der Waals surface area contributed by atoms with E-state index in [0.29, 0.717) is 18.8 Å². The number of ether oxygens (including phenoxy) is 1. The number of ketones is 1. The van der Waals surface area contributed by atoms with Gasteiger partial charge in [0.15, 0.2) is 0 Å². The molecule has 6 heteroatoms. The summed E-state index contributed by atoms with van der Waals surface area (Å²) in [5.41, 5.74) is 0.0451. The van der Waals surface area contributed by atoms with Crippen LogP contribution < -0.4 is 4.74 Å². The first-order valence-electron chi connectivity index (χ1n) is 7.67. The van der Waals surface area contributed by atoms with Crippen LogP contribution in [0.5, 0.6) is 5.75 Å². The maximum Gasteiger partial charge on any atom is 0.269 e. The highest BCUT2D eigenvalue weighted by Crippen LogP contribution is 2.20. The maximum atomic E-state index is 11.5. The molecule has 1 fully saturated rings. The van der Waals surface area contributed by atoms with Gasteiger partial charge in [-0.2, -0.15) is 0 Å². The van der Waals surface area contributed by atoms with Gasteiger partial charge in [-0.1, -0.05) is 6.42 Å². The molecule has 120 valence electrons. The van der Waals surface area contributed by atoms with E-state index in [1.807, 2.05) is 0 Å². The lowest BCUT2D eigenvalue weighted by atomic mass is 10.1. The molecule has 22 heavy (non-hydrogen) atoms. The number of nitro benzene ring substituents is 1. The molecule has 1 aliphatic heterocycles. The Hall–Kier alpha value is -1.95. The third kappa shape index (κ3) is 4.80. The first-order valence-corrected chi connectivity index (χ1v) is 7.67. The lowest BCUT2D eigenvalue weighted by Gasteiger charge is -2.34. The Balaban J connectivity index is 1.94. The van der Waals surface area contributed by atoms with E-state index in [-0.39, 0.29) is 17.5 Å². The number of carbonyl (C=O) groups is 1. The summed E-state index contributed by atoms with van der Waals surface area (Å²) in [6.45, 7) is 4.03. The smallest absolute Gasteiger partial charge is 0.269 e. The highest BCUT2D eigenvalue weighted by molar-refractivity contribution is 5.76. The summed E-state index contributed by atoms with van der Waals surface area (Å²) in [7, 11) is 0. The van der Waals surface area contributed by atoms with E-state index in [1.54, 1.807) is 19.1 Å². The van der Waals surface area contributed by atoms with Gasteiger partial charge in [0.25, 0.3) is 5.69 Å². The molecule has 1 aliphatic rings. The van der Waals surface area contributed by atoms with Crippen molar-refractivity contribution in [2.75, 3.05) is 19.7 Å². The summed E-state index contributed by atoms with van der Waals surface area (Å²) >= 11 is 0. The van der Waals surface area contributed by atoms with Crippen LogP contribution in [-0.2, 0) is 4.79 Å². The van der Waals surface area contributed by atoms with Crippen molar-refractivity contribution in [1.82, 2.24) is 4.90 Å². The number of piperidine rings is 1. The van der Waals surface area contributed by atoms with E-state index in [4.69, 9.17) is 4.74 Å². The van der Waals surface area contributed by atoms with Crippen LogP contribution in [0.1, 0.15) is 32.6 Å². The normalized spacial score (nSPS) is 17.0. The van der Waals surface area contributed by atoms with Gasteiger partial charge in [-0.05, 0) is 45.0 Å². The van der Waals surface area contributed by atoms with Gasteiger partial charge in [-0.3, -0.25) is 19.8 Å². The summed E-state index contributed by atoms with van der Waals surface area (Å²) in [5.74, 6) is 0.749. The minimum atomic E-state index is -0.434. The molecule has 2 rings (SSSR count). The van der Waals surface area contributed by atoms with Crippen molar-refractivity contribution in [3.8, 4) is 5.75 Å². The molecular weight excluding hydrogens is 284 g/mol. The monoisotopic (exact) mass is 306 g/mol. The van der Waals surface area contributed by atoms with Gasteiger partial charge in [0.2, 0.25) is 0 Å². The number of non-ortho nitro benzene ring substituents is 1. The molecule has 1 unspecified atom stereocenters. The van der Waals surface area contributed by atoms with Gasteiger partial charge >= 0.3 is 0 Å². The van der Waals surface area contributed by atoms with Gasteiger partial charge in [0.05, 0.1) is 11.0 Å². The molecule has 1 heterocycles. The second-order valence-electron chi connectivity index (χ2n) is 5.72. The first kappa shape index (κ1) is 16.4. The lowest BCUT2D eigenvalue weighted by Crippen LogP contribution is -2.43. The van der Waals surface area contributed by atoms with Crippen LogP contribution in [0.2, 0.25) is 0 Å². The third-order valence-corrected chi connectivity index (χ3v) is 3.92. The molecule has 6 nitrogen and oxygen atoms in total. The van der Waals surface area contributed by atoms with E-state index in [2.05, 4.69) is 4.90 Å². The van der Waals surface area contributed by atoms with Crippen molar-refractivity contribution in [2.45, 2.75) is 38.6 Å². The number of likely N-dealkylation sites (tertiary alicyclic amines) is 1. The Morgan fingerprint density at radius 1 is 1.27 bits per heavy atom. The van der Waals surface area contributed by atoms with Gasteiger partial charge < -0.3 is 4.74 Å². The number of carbonyl (C=O) groups excluding carboxylic acids is 1. The lowest BCUT2D eigenvalue weighted by molar-refractivity contribution is -0.384. The van der Waals surface area contributed by atoms with Crippen LogP contribution in [0.3, 0.4) is 0 Å². The largest absolute Gasteiger partial charge is 0.492 e. The molecule has 0 aromatic heterocycles. The highest BCUT2D eigenvalue weighted by atomic mass is 16.6. The number of hydrogen-bond acceptors (Lipinski definition) is 5. The minimum Gasteiger partial charge on any atom is -0.492 e. The average molecular weight is 306 g/mol. The SMILES string of the molecule is CC(=O)CC(COc1ccc([N+](=O)[O-])cc1)N1CCCCC1. The van der Waals surface area contributed by atoms with Crippen molar-refractivity contribution in [2.24, 2.45) is 0 Å². The topological polar surface area (TPSA) is 72.7 Å². The van der Waals surface area contributed by atoms with E-state index in [1.165, 1.54) is 18.6 Å². The molecule has 1 aromatic carbocycles. The number of nitro groups is 1. The average Bonchev–Trinajstić information content (AvgIpc) is 2.52. The quantitative estimate of drug-likeness (QED) is 0.572. The fraction of sp³-hybridized carbons (Fsp3) is 0.562. The minimum absolute atomic E-state index is 0.0451. The molecule has 0 amide bonds. The zero-order valence-corrected chi connectivity index (χ0v) is 12.9. The van der Waals surface area contributed by atoms with Crippen LogP contribution >= 0.6 is 0 Å². The Morgan fingerprint density at radius 3 is 2.45 bits per heavy atom. The molecule has 0 spiro atoms. The summed E-state index contributed by atoms with van der Waals surface area (Å²) in [4.78, 5) is 24.0. The highest BCUT2D eigenvalue weighted by Gasteiger charge is 2.22. The van der Waals surface area contributed by atoms with Crippen molar-refractivity contribution in [3.63, 3.8) is 0 Å². The van der Waals surface area contributed by atoms with Crippen molar-refractivity contribution < 1.29 is 14.5 Å². The molecule has 0 N–H and O–H groups in total. The zero-order chi connectivity index (χ0) is 15.9. The van der Waals surface area contributed by atoms with E-state index in [9.17, 15) is 14.9 Å². The van der Waals surface area contributed by atoms with Crippen molar-refractivity contribution in [3.05, 3.63) is 34.4 Å². The van der Waals surface area contributed by atoms with Crippen LogP contribution in [0.25, 0.3) is 0 Å². The maximum absolute atomic E-state index is 11.5. The molecule has 1 atom stereocenters. The summed E-state index contributed by atoms with van der Waals surface area (Å²) in [5, 5.41) is 10.6. The van der Waals surface area contributed by atoms with Crippen LogP contribution in [0, 0.1) is 10.1 Å². The van der Waals surface area contributed by atoms with Gasteiger partial charge in [-0.15, -0.1) is 0 Å². The summed E-state index contributed by atoms with van der Waals surface area (Å²) in [6.07, 6.45) is 4.04. The zero-order valence-electron chi connectivity index (χ0n) is 12.9. The molecule has 0 aliphatic carbocycles. The second kappa shape index (κ2) is 7.89. The van der Waals surface area contributed by atoms with E-state index in [0.717, 1.165) is 25.9 Å². The van der Waals surface area contributed by atoms with Crippen molar-refractivity contribution in [1.29, 1.82) is 0 Å². The van der Waals surface area contributed by atoms with Crippen molar-refractivity contribution >= 4 is 11.5 Å². The fourth-order valence-electron chi connectivity index (χ4n) is 2.77. The number of rotatable bonds is 7. The molecular formula is C16H22N2O4. The molecule has 0 saturated carbocycles. The molecule has 1 aromatic rings. The van der Waals surface area contributed by atoms with Crippen LogP contribution in [-0.4, -0.2) is 41.3 Å². The molecule has 0 bridgehead atoms. The third-order valence-electron chi connectivity index (χ3n) is 3.92. The first-order chi connectivity index (χ1) is 10.6. The van der Waals surface area contributed by atoms with Crippen LogP contribution in [0.4, 0.5) is 5.69 Å². The summed E-state index contributed by atoms with van der Waals surface area (Å²) < 4.78 is 5.74. The number of benzene rings is 1. The Morgan fingerprint density at radius 2 is 1.91 bits per heavy atom. The standard InChI is InChI=1S/C16H22N2O4/c1-13(19)11-15(17-9-3-2-4-10-17)12-22-16-7-5-14(6-8-16)18(20)21/h5-8,15H,2-4,9-12H2,1H3. The fourth-order valence-corrected chi connectivity index (χ4v) is 2.77. The molecule has 0 radical (unpaired) electrons. The Labute approximate surface area is 130 Å². The van der Waals surface area contributed by atoms with Gasteiger partial charge in [-0.25, -0.2) is 0 Å². The Bertz CT molecular complexity index is 509. The summed E-state index contributed by atoms with van der Waals surface area (Å²) in [6, 6.07) is 6.12. The number of hydrogen-bond donors (Lipinski definition) is 0. The predicted molar refractivity (Wildman–Crippen MR) is 83.1 cm³/mol. The number of nitrogens with zero attached hydrogens (tertiary/aromatic N) is 2. The van der Waals surface area contributed by atoms with Gasteiger partial charge in [0, 0.05) is 18.6 Å². The Kier molecular flexibility index (Phi) is 5.89.